The summed E-state index contributed by atoms with van der Waals surface area (Å²) in [4.78, 5) is 11.1. The zero-order valence-electron chi connectivity index (χ0n) is 8.45. The van der Waals surface area contributed by atoms with E-state index in [0.29, 0.717) is 0 Å². The third kappa shape index (κ3) is 4.08. The first-order valence-electron chi connectivity index (χ1n) is 4.47. The van der Waals surface area contributed by atoms with Crippen LogP contribution in [0.1, 0.15) is 11.1 Å². The van der Waals surface area contributed by atoms with Crippen molar-refractivity contribution in [1.82, 2.24) is 5.32 Å². The molecule has 0 aliphatic carbocycles. The summed E-state index contributed by atoms with van der Waals surface area (Å²) in [7, 11) is 0. The van der Waals surface area contributed by atoms with Gasteiger partial charge >= 0.3 is 0 Å². The highest BCUT2D eigenvalue weighted by Crippen LogP contribution is 2.04. The van der Waals surface area contributed by atoms with E-state index in [9.17, 15) is 4.79 Å². The summed E-state index contributed by atoms with van der Waals surface area (Å²) in [5.41, 5.74) is 7.10. The number of carbonyl (C=O) groups excluding carboxylic acids is 1. The summed E-state index contributed by atoms with van der Waals surface area (Å²) in [6.07, 6.45) is 3.00. The Morgan fingerprint density at radius 1 is 1.40 bits per heavy atom. The minimum atomic E-state index is -0.400. The summed E-state index contributed by atoms with van der Waals surface area (Å²) in [6.45, 7) is 2.00. The van der Waals surface area contributed by atoms with Crippen LogP contribution in [-0.2, 0) is 4.79 Å². The standard InChI is InChI=1S/C11H13N3O/c1-8-2-4-9(5-3-8)6-7-10(15)14-11(12)13/h2-7H,1H3,(H4,12,13,14,15). The van der Waals surface area contributed by atoms with Gasteiger partial charge in [-0.15, -0.1) is 0 Å². The van der Waals surface area contributed by atoms with Crippen molar-refractivity contribution >= 4 is 17.9 Å². The first-order chi connectivity index (χ1) is 7.08. The van der Waals surface area contributed by atoms with E-state index in [4.69, 9.17) is 11.1 Å². The molecule has 15 heavy (non-hydrogen) atoms. The second kappa shape index (κ2) is 4.95. The zero-order valence-corrected chi connectivity index (χ0v) is 8.45. The predicted molar refractivity (Wildman–Crippen MR) is 60.3 cm³/mol. The number of carbonyl (C=O) groups is 1. The van der Waals surface area contributed by atoms with Gasteiger partial charge in [-0.3, -0.25) is 15.5 Å². The molecular weight excluding hydrogens is 190 g/mol. The van der Waals surface area contributed by atoms with E-state index >= 15 is 0 Å². The van der Waals surface area contributed by atoms with E-state index in [1.54, 1.807) is 6.08 Å². The maximum Gasteiger partial charge on any atom is 0.250 e. The van der Waals surface area contributed by atoms with Gasteiger partial charge in [0, 0.05) is 6.08 Å². The van der Waals surface area contributed by atoms with Crippen LogP contribution in [0.3, 0.4) is 0 Å². The van der Waals surface area contributed by atoms with Gasteiger partial charge in [-0.1, -0.05) is 29.8 Å². The molecule has 4 heteroatoms. The van der Waals surface area contributed by atoms with Crippen molar-refractivity contribution in [2.45, 2.75) is 6.92 Å². The van der Waals surface area contributed by atoms with Crippen molar-refractivity contribution in [3.8, 4) is 0 Å². The Hall–Kier alpha value is -2.10. The minimum Gasteiger partial charge on any atom is -0.370 e. The van der Waals surface area contributed by atoms with E-state index in [1.807, 2.05) is 31.2 Å². The zero-order chi connectivity index (χ0) is 11.3. The molecular formula is C11H13N3O. The number of nitrogens with one attached hydrogen (secondary N) is 2. The lowest BCUT2D eigenvalue weighted by atomic mass is 10.1. The van der Waals surface area contributed by atoms with Crippen molar-refractivity contribution in [3.05, 3.63) is 41.5 Å². The van der Waals surface area contributed by atoms with E-state index < -0.39 is 5.91 Å². The number of benzene rings is 1. The molecule has 1 amide bonds. The normalized spacial score (nSPS) is 10.2. The average molecular weight is 203 g/mol. The molecule has 78 valence electrons. The van der Waals surface area contributed by atoms with Crippen LogP contribution < -0.4 is 11.1 Å². The number of hydrogen-bond donors (Lipinski definition) is 3. The first-order valence-corrected chi connectivity index (χ1v) is 4.47. The van der Waals surface area contributed by atoms with Crippen molar-refractivity contribution < 1.29 is 4.79 Å². The van der Waals surface area contributed by atoms with Gasteiger partial charge in [0.15, 0.2) is 5.96 Å². The Kier molecular flexibility index (Phi) is 3.62. The van der Waals surface area contributed by atoms with Crippen LogP contribution in [0.15, 0.2) is 30.3 Å². The largest absolute Gasteiger partial charge is 0.370 e. The molecule has 0 bridgehead atoms. The van der Waals surface area contributed by atoms with Gasteiger partial charge in [0.1, 0.15) is 0 Å². The monoisotopic (exact) mass is 203 g/mol. The average Bonchev–Trinajstić information content (AvgIpc) is 2.16. The van der Waals surface area contributed by atoms with Crippen molar-refractivity contribution in [2.24, 2.45) is 5.73 Å². The molecule has 0 aromatic heterocycles. The lowest BCUT2D eigenvalue weighted by molar-refractivity contribution is -0.115. The van der Waals surface area contributed by atoms with Crippen molar-refractivity contribution in [1.29, 1.82) is 5.41 Å². The fourth-order valence-electron chi connectivity index (χ4n) is 1.02. The van der Waals surface area contributed by atoms with E-state index in [2.05, 4.69) is 5.32 Å². The lowest BCUT2D eigenvalue weighted by Crippen LogP contribution is -2.34. The van der Waals surface area contributed by atoms with Gasteiger partial charge in [0.05, 0.1) is 0 Å². The molecule has 0 aliphatic rings. The Morgan fingerprint density at radius 3 is 2.53 bits per heavy atom. The number of rotatable bonds is 2. The SMILES string of the molecule is Cc1ccc(C=CC(=O)NC(=N)N)cc1. The van der Waals surface area contributed by atoms with Crippen LogP contribution in [0, 0.1) is 12.3 Å². The van der Waals surface area contributed by atoms with E-state index in [-0.39, 0.29) is 5.96 Å². The Balaban J connectivity index is 2.61. The van der Waals surface area contributed by atoms with E-state index in [1.165, 1.54) is 11.6 Å². The minimum absolute atomic E-state index is 0.353. The summed E-state index contributed by atoms with van der Waals surface area (Å²) >= 11 is 0. The molecule has 4 N–H and O–H groups in total. The number of guanidine groups is 1. The molecule has 0 saturated heterocycles. The number of hydrogen-bond acceptors (Lipinski definition) is 2. The molecule has 0 radical (unpaired) electrons. The molecule has 1 aromatic carbocycles. The van der Waals surface area contributed by atoms with Crippen molar-refractivity contribution in [2.75, 3.05) is 0 Å². The van der Waals surface area contributed by atoms with Gasteiger partial charge in [0.2, 0.25) is 0 Å². The topological polar surface area (TPSA) is 79.0 Å². The Bertz CT molecular complexity index is 393. The molecule has 1 rings (SSSR count). The van der Waals surface area contributed by atoms with Crippen LogP contribution >= 0.6 is 0 Å². The van der Waals surface area contributed by atoms with Gasteiger partial charge in [0.25, 0.3) is 5.91 Å². The fraction of sp³-hybridized carbons (Fsp3) is 0.0909. The van der Waals surface area contributed by atoms with E-state index in [0.717, 1.165) is 5.56 Å². The smallest absolute Gasteiger partial charge is 0.250 e. The van der Waals surface area contributed by atoms with Gasteiger partial charge in [-0.2, -0.15) is 0 Å². The molecule has 4 nitrogen and oxygen atoms in total. The second-order valence-corrected chi connectivity index (χ2v) is 3.15. The molecule has 0 saturated carbocycles. The number of aryl methyl sites for hydroxylation is 1. The molecule has 0 spiro atoms. The first kappa shape index (κ1) is 11.0. The van der Waals surface area contributed by atoms with Gasteiger partial charge in [-0.05, 0) is 18.6 Å². The third-order valence-corrected chi connectivity index (χ3v) is 1.76. The van der Waals surface area contributed by atoms with Crippen LogP contribution in [0.2, 0.25) is 0 Å². The quantitative estimate of drug-likeness (QED) is 0.381. The number of amides is 1. The fourth-order valence-corrected chi connectivity index (χ4v) is 1.02. The van der Waals surface area contributed by atoms with Crippen LogP contribution in [0.25, 0.3) is 6.08 Å². The Labute approximate surface area is 88.3 Å². The maximum absolute atomic E-state index is 11.1. The summed E-state index contributed by atoms with van der Waals surface area (Å²) in [6, 6.07) is 7.74. The molecule has 1 aromatic rings. The highest BCUT2D eigenvalue weighted by Gasteiger charge is 1.95. The van der Waals surface area contributed by atoms with Crippen LogP contribution in [0.4, 0.5) is 0 Å². The maximum atomic E-state index is 11.1. The molecule has 0 unspecified atom stereocenters. The van der Waals surface area contributed by atoms with Gasteiger partial charge in [-0.25, -0.2) is 0 Å². The highest BCUT2D eigenvalue weighted by molar-refractivity contribution is 6.02. The molecule has 0 fully saturated rings. The second-order valence-electron chi connectivity index (χ2n) is 3.15. The van der Waals surface area contributed by atoms with Gasteiger partial charge < -0.3 is 5.73 Å². The Morgan fingerprint density at radius 2 is 2.00 bits per heavy atom. The van der Waals surface area contributed by atoms with Crippen LogP contribution in [0.5, 0.6) is 0 Å². The highest BCUT2D eigenvalue weighted by atomic mass is 16.1. The summed E-state index contributed by atoms with van der Waals surface area (Å²) < 4.78 is 0. The molecule has 0 atom stereocenters. The summed E-state index contributed by atoms with van der Waals surface area (Å²) in [5, 5.41) is 9.01. The van der Waals surface area contributed by atoms with Crippen molar-refractivity contribution in [3.63, 3.8) is 0 Å². The number of nitrogens with two attached hydrogens (primary N) is 1. The third-order valence-electron chi connectivity index (χ3n) is 1.76. The van der Waals surface area contributed by atoms with Crippen LogP contribution in [-0.4, -0.2) is 11.9 Å². The lowest BCUT2D eigenvalue weighted by Gasteiger charge is -1.97. The summed E-state index contributed by atoms with van der Waals surface area (Å²) in [5.74, 6) is -0.753. The molecule has 0 heterocycles. The molecule has 0 aliphatic heterocycles. The predicted octanol–water partition coefficient (Wildman–Crippen LogP) is 1.02.